The maximum Gasteiger partial charge on any atom is 0.338 e. The van der Waals surface area contributed by atoms with Crippen LogP contribution >= 0.6 is 0 Å². The van der Waals surface area contributed by atoms with Crippen LogP contribution in [-0.4, -0.2) is 31.3 Å². The number of ether oxygens (including phenoxy) is 1. The van der Waals surface area contributed by atoms with Crippen molar-refractivity contribution in [2.45, 2.75) is 13.5 Å². The Bertz CT molecular complexity index is 751. The van der Waals surface area contributed by atoms with Gasteiger partial charge in [0.05, 0.1) is 16.9 Å². The third-order valence-corrected chi connectivity index (χ3v) is 2.72. The van der Waals surface area contributed by atoms with Crippen molar-refractivity contribution < 1.29 is 14.1 Å². The van der Waals surface area contributed by atoms with Crippen molar-refractivity contribution in [1.82, 2.24) is 25.4 Å². The largest absolute Gasteiger partial charge is 0.454 e. The van der Waals surface area contributed by atoms with E-state index < -0.39 is 5.97 Å². The number of tetrazole rings is 1. The van der Waals surface area contributed by atoms with E-state index in [1.165, 1.54) is 11.0 Å². The number of carbonyl (C=O) groups is 1. The first kappa shape index (κ1) is 13.0. The van der Waals surface area contributed by atoms with Crippen molar-refractivity contribution in [3.63, 3.8) is 0 Å². The van der Waals surface area contributed by atoms with E-state index in [0.717, 1.165) is 5.69 Å². The standard InChI is InChI=1S/C13H11N5O3/c1-9-5-12(21-15-9)7-20-13(19)10-3-2-4-11(6-10)18-8-14-16-17-18/h2-6,8H,7H2,1H3. The molecule has 1 aromatic carbocycles. The van der Waals surface area contributed by atoms with Crippen LogP contribution < -0.4 is 0 Å². The van der Waals surface area contributed by atoms with E-state index in [2.05, 4.69) is 20.7 Å². The molecule has 0 spiro atoms. The van der Waals surface area contributed by atoms with Crippen molar-refractivity contribution in [3.05, 3.63) is 53.7 Å². The molecular weight excluding hydrogens is 274 g/mol. The molecule has 3 aromatic rings. The second-order valence-corrected chi connectivity index (χ2v) is 4.32. The summed E-state index contributed by atoms with van der Waals surface area (Å²) in [7, 11) is 0. The molecule has 0 amide bonds. The van der Waals surface area contributed by atoms with Gasteiger partial charge in [-0.3, -0.25) is 0 Å². The van der Waals surface area contributed by atoms with E-state index >= 15 is 0 Å². The average molecular weight is 285 g/mol. The van der Waals surface area contributed by atoms with Crippen molar-refractivity contribution in [3.8, 4) is 5.69 Å². The molecule has 8 nitrogen and oxygen atoms in total. The van der Waals surface area contributed by atoms with Gasteiger partial charge in [-0.05, 0) is 35.5 Å². The Labute approximate surface area is 119 Å². The van der Waals surface area contributed by atoms with Crippen LogP contribution in [0.1, 0.15) is 21.8 Å². The first-order chi connectivity index (χ1) is 10.2. The third kappa shape index (κ3) is 2.94. The van der Waals surface area contributed by atoms with Gasteiger partial charge in [0.2, 0.25) is 0 Å². The summed E-state index contributed by atoms with van der Waals surface area (Å²) in [6.07, 6.45) is 1.45. The lowest BCUT2D eigenvalue weighted by molar-refractivity contribution is 0.0437. The van der Waals surface area contributed by atoms with Gasteiger partial charge in [-0.1, -0.05) is 11.2 Å². The topological polar surface area (TPSA) is 95.9 Å². The molecule has 0 aliphatic rings. The fourth-order valence-electron chi connectivity index (χ4n) is 1.76. The van der Waals surface area contributed by atoms with E-state index in [1.807, 2.05) is 0 Å². The number of carbonyl (C=O) groups excluding carboxylic acids is 1. The lowest BCUT2D eigenvalue weighted by atomic mass is 10.2. The Morgan fingerprint density at radius 2 is 2.29 bits per heavy atom. The monoisotopic (exact) mass is 285 g/mol. The zero-order valence-electron chi connectivity index (χ0n) is 11.1. The molecule has 0 unspecified atom stereocenters. The highest BCUT2D eigenvalue weighted by Gasteiger charge is 2.11. The van der Waals surface area contributed by atoms with Crippen LogP contribution in [-0.2, 0) is 11.3 Å². The van der Waals surface area contributed by atoms with E-state index in [-0.39, 0.29) is 6.61 Å². The summed E-state index contributed by atoms with van der Waals surface area (Å²) in [5.74, 6) is 0.0384. The molecule has 106 valence electrons. The maximum absolute atomic E-state index is 12.0. The molecule has 0 fully saturated rings. The molecule has 0 aliphatic heterocycles. The molecule has 0 aliphatic carbocycles. The quantitative estimate of drug-likeness (QED) is 0.667. The smallest absolute Gasteiger partial charge is 0.338 e. The van der Waals surface area contributed by atoms with E-state index in [9.17, 15) is 4.79 Å². The minimum absolute atomic E-state index is 0.0365. The SMILES string of the molecule is Cc1cc(COC(=O)c2cccc(-n3cnnn3)c2)on1. The van der Waals surface area contributed by atoms with E-state index in [0.29, 0.717) is 17.0 Å². The number of nitrogens with zero attached hydrogens (tertiary/aromatic N) is 5. The lowest BCUT2D eigenvalue weighted by Gasteiger charge is -2.04. The van der Waals surface area contributed by atoms with Crippen molar-refractivity contribution in [2.75, 3.05) is 0 Å². The molecule has 3 rings (SSSR count). The molecule has 0 radical (unpaired) electrons. The van der Waals surface area contributed by atoms with Crippen LogP contribution in [0, 0.1) is 6.92 Å². The number of benzene rings is 1. The summed E-state index contributed by atoms with van der Waals surface area (Å²) in [4.78, 5) is 12.0. The highest BCUT2D eigenvalue weighted by molar-refractivity contribution is 5.90. The Hall–Kier alpha value is -3.03. The number of rotatable bonds is 4. The van der Waals surface area contributed by atoms with Crippen LogP contribution in [0.5, 0.6) is 0 Å². The minimum atomic E-state index is -0.459. The predicted molar refractivity (Wildman–Crippen MR) is 69.5 cm³/mol. The molecule has 21 heavy (non-hydrogen) atoms. The average Bonchev–Trinajstić information content (AvgIpc) is 3.16. The summed E-state index contributed by atoms with van der Waals surface area (Å²) >= 11 is 0. The van der Waals surface area contributed by atoms with Gasteiger partial charge in [0.25, 0.3) is 0 Å². The van der Waals surface area contributed by atoms with Crippen LogP contribution in [0.4, 0.5) is 0 Å². The lowest BCUT2D eigenvalue weighted by Crippen LogP contribution is -2.06. The summed E-state index contributed by atoms with van der Waals surface area (Å²) in [5, 5.41) is 14.6. The summed E-state index contributed by atoms with van der Waals surface area (Å²) in [6.45, 7) is 1.83. The second kappa shape index (κ2) is 5.53. The predicted octanol–water partition coefficient (Wildman–Crippen LogP) is 1.32. The molecule has 0 bridgehead atoms. The fourth-order valence-corrected chi connectivity index (χ4v) is 1.76. The van der Waals surface area contributed by atoms with Gasteiger partial charge in [-0.25, -0.2) is 9.48 Å². The normalized spacial score (nSPS) is 10.5. The number of esters is 1. The Morgan fingerprint density at radius 3 is 3.00 bits per heavy atom. The highest BCUT2D eigenvalue weighted by atomic mass is 16.5. The first-order valence-electron chi connectivity index (χ1n) is 6.15. The molecule has 0 atom stereocenters. The Kier molecular flexibility index (Phi) is 3.42. The highest BCUT2D eigenvalue weighted by Crippen LogP contribution is 2.11. The fraction of sp³-hybridized carbons (Fsp3) is 0.154. The van der Waals surface area contributed by atoms with Crippen LogP contribution in [0.25, 0.3) is 5.69 Å². The second-order valence-electron chi connectivity index (χ2n) is 4.32. The summed E-state index contributed by atoms with van der Waals surface area (Å²) in [5.41, 5.74) is 1.81. The Morgan fingerprint density at radius 1 is 1.38 bits per heavy atom. The number of hydrogen-bond donors (Lipinski definition) is 0. The van der Waals surface area contributed by atoms with Gasteiger partial charge < -0.3 is 9.26 Å². The van der Waals surface area contributed by atoms with Crippen LogP contribution in [0.2, 0.25) is 0 Å². The summed E-state index contributed by atoms with van der Waals surface area (Å²) in [6, 6.07) is 8.52. The maximum atomic E-state index is 12.0. The molecular formula is C13H11N5O3. The molecule has 0 N–H and O–H groups in total. The molecule has 2 aromatic heterocycles. The van der Waals surface area contributed by atoms with Gasteiger partial charge >= 0.3 is 5.97 Å². The number of hydrogen-bond acceptors (Lipinski definition) is 7. The van der Waals surface area contributed by atoms with Crippen LogP contribution in [0.3, 0.4) is 0 Å². The van der Waals surface area contributed by atoms with Gasteiger partial charge in [-0.15, -0.1) is 5.10 Å². The zero-order valence-corrected chi connectivity index (χ0v) is 11.1. The van der Waals surface area contributed by atoms with Crippen LogP contribution in [0.15, 0.2) is 41.2 Å². The van der Waals surface area contributed by atoms with Gasteiger partial charge in [0, 0.05) is 6.07 Å². The minimum Gasteiger partial charge on any atom is -0.454 e. The number of aromatic nitrogens is 5. The third-order valence-electron chi connectivity index (χ3n) is 2.72. The van der Waals surface area contributed by atoms with Gasteiger partial charge in [0.15, 0.2) is 12.4 Å². The van der Waals surface area contributed by atoms with Crippen molar-refractivity contribution in [2.24, 2.45) is 0 Å². The zero-order chi connectivity index (χ0) is 14.7. The van der Waals surface area contributed by atoms with Crippen molar-refractivity contribution in [1.29, 1.82) is 0 Å². The van der Waals surface area contributed by atoms with E-state index in [4.69, 9.17) is 9.26 Å². The number of aryl methyl sites for hydroxylation is 1. The molecule has 2 heterocycles. The van der Waals surface area contributed by atoms with Crippen molar-refractivity contribution >= 4 is 5.97 Å². The molecule has 0 saturated heterocycles. The van der Waals surface area contributed by atoms with Gasteiger partial charge in [0.1, 0.15) is 6.33 Å². The first-order valence-corrected chi connectivity index (χ1v) is 6.15. The Balaban J connectivity index is 1.71. The summed E-state index contributed by atoms with van der Waals surface area (Å²) < 4.78 is 11.6. The molecule has 0 saturated carbocycles. The van der Waals surface area contributed by atoms with Gasteiger partial charge in [-0.2, -0.15) is 0 Å². The molecule has 8 heteroatoms. The van der Waals surface area contributed by atoms with E-state index in [1.54, 1.807) is 37.3 Å².